The van der Waals surface area contributed by atoms with Crippen LogP contribution in [0.4, 0.5) is 10.1 Å². The molecule has 0 radical (unpaired) electrons. The lowest BCUT2D eigenvalue weighted by Crippen LogP contribution is -2.15. The third kappa shape index (κ3) is 2.79. The standard InChI is InChI=1S/C16H11FN4O/c17-12-5-6-15-19-13(10-21(15)9-12)7-16(22)20-14-4-2-1-3-11(14)8-18/h1-6,9-10H,7H2,(H,20,22). The van der Waals surface area contributed by atoms with Crippen LogP contribution in [0.1, 0.15) is 11.3 Å². The van der Waals surface area contributed by atoms with E-state index in [2.05, 4.69) is 10.3 Å². The summed E-state index contributed by atoms with van der Waals surface area (Å²) < 4.78 is 14.6. The largest absolute Gasteiger partial charge is 0.325 e. The van der Waals surface area contributed by atoms with Gasteiger partial charge >= 0.3 is 0 Å². The summed E-state index contributed by atoms with van der Waals surface area (Å²) in [5, 5.41) is 11.7. The molecule has 1 N–H and O–H groups in total. The number of nitrogens with zero attached hydrogens (tertiary/aromatic N) is 3. The van der Waals surface area contributed by atoms with Gasteiger partial charge in [0.2, 0.25) is 5.91 Å². The van der Waals surface area contributed by atoms with Gasteiger partial charge in [0.25, 0.3) is 0 Å². The van der Waals surface area contributed by atoms with Crippen LogP contribution in [-0.4, -0.2) is 15.3 Å². The van der Waals surface area contributed by atoms with Gasteiger partial charge < -0.3 is 9.72 Å². The first-order valence-corrected chi connectivity index (χ1v) is 6.58. The molecule has 0 atom stereocenters. The van der Waals surface area contributed by atoms with E-state index < -0.39 is 0 Å². The van der Waals surface area contributed by atoms with Crippen LogP contribution in [0, 0.1) is 17.1 Å². The van der Waals surface area contributed by atoms with E-state index >= 15 is 0 Å². The zero-order valence-electron chi connectivity index (χ0n) is 11.5. The molecule has 0 aliphatic carbocycles. The molecule has 1 amide bonds. The Morgan fingerprint density at radius 2 is 2.09 bits per heavy atom. The molecule has 0 saturated carbocycles. The van der Waals surface area contributed by atoms with Gasteiger partial charge in [0.15, 0.2) is 0 Å². The minimum atomic E-state index is -0.371. The fourth-order valence-electron chi connectivity index (χ4n) is 2.15. The molecule has 0 saturated heterocycles. The topological polar surface area (TPSA) is 70.2 Å². The van der Waals surface area contributed by atoms with Crippen LogP contribution in [0.3, 0.4) is 0 Å². The van der Waals surface area contributed by atoms with E-state index in [0.717, 1.165) is 0 Å². The number of amides is 1. The maximum atomic E-state index is 13.1. The highest BCUT2D eigenvalue weighted by Gasteiger charge is 2.10. The van der Waals surface area contributed by atoms with Gasteiger partial charge in [0.1, 0.15) is 17.5 Å². The molecule has 0 bridgehead atoms. The molecular weight excluding hydrogens is 283 g/mol. The highest BCUT2D eigenvalue weighted by Crippen LogP contribution is 2.14. The minimum Gasteiger partial charge on any atom is -0.325 e. The van der Waals surface area contributed by atoms with Crippen LogP contribution < -0.4 is 5.32 Å². The highest BCUT2D eigenvalue weighted by atomic mass is 19.1. The summed E-state index contributed by atoms with van der Waals surface area (Å²) in [6.07, 6.45) is 2.95. The van der Waals surface area contributed by atoms with E-state index in [0.29, 0.717) is 22.6 Å². The van der Waals surface area contributed by atoms with Crippen molar-refractivity contribution < 1.29 is 9.18 Å². The van der Waals surface area contributed by atoms with Crippen molar-refractivity contribution in [1.29, 1.82) is 5.26 Å². The number of carbonyl (C=O) groups excluding carboxylic acids is 1. The van der Waals surface area contributed by atoms with E-state index in [1.165, 1.54) is 16.7 Å². The first-order valence-electron chi connectivity index (χ1n) is 6.58. The number of imidazole rings is 1. The molecule has 1 aromatic carbocycles. The lowest BCUT2D eigenvalue weighted by atomic mass is 10.2. The number of aromatic nitrogens is 2. The molecule has 0 aliphatic heterocycles. The monoisotopic (exact) mass is 294 g/mol. The summed E-state index contributed by atoms with van der Waals surface area (Å²) in [7, 11) is 0. The van der Waals surface area contributed by atoms with Crippen molar-refractivity contribution in [3.63, 3.8) is 0 Å². The summed E-state index contributed by atoms with van der Waals surface area (Å²) in [4.78, 5) is 16.3. The number of benzene rings is 1. The predicted octanol–water partition coefficient (Wildman–Crippen LogP) is 2.53. The van der Waals surface area contributed by atoms with Crippen molar-refractivity contribution in [1.82, 2.24) is 9.38 Å². The van der Waals surface area contributed by atoms with Gasteiger partial charge in [0, 0.05) is 12.4 Å². The Morgan fingerprint density at radius 3 is 2.91 bits per heavy atom. The van der Waals surface area contributed by atoms with Crippen LogP contribution in [-0.2, 0) is 11.2 Å². The molecular formula is C16H11FN4O. The van der Waals surface area contributed by atoms with Crippen LogP contribution in [0.25, 0.3) is 5.65 Å². The Bertz CT molecular complexity index is 895. The van der Waals surface area contributed by atoms with Gasteiger partial charge in [-0.2, -0.15) is 5.26 Å². The molecule has 6 heteroatoms. The second-order valence-corrected chi connectivity index (χ2v) is 4.73. The second-order valence-electron chi connectivity index (χ2n) is 4.73. The number of anilines is 1. The Balaban J connectivity index is 1.77. The SMILES string of the molecule is N#Cc1ccccc1NC(=O)Cc1cn2cc(F)ccc2n1. The Morgan fingerprint density at radius 1 is 1.27 bits per heavy atom. The maximum Gasteiger partial charge on any atom is 0.230 e. The second kappa shape index (κ2) is 5.66. The van der Waals surface area contributed by atoms with Crippen LogP contribution >= 0.6 is 0 Å². The summed E-state index contributed by atoms with van der Waals surface area (Å²) in [6, 6.07) is 11.6. The molecule has 5 nitrogen and oxygen atoms in total. The number of para-hydroxylation sites is 1. The molecule has 3 rings (SSSR count). The van der Waals surface area contributed by atoms with Gasteiger partial charge in [0.05, 0.1) is 23.4 Å². The average Bonchev–Trinajstić information content (AvgIpc) is 2.88. The highest BCUT2D eigenvalue weighted by molar-refractivity contribution is 5.93. The van der Waals surface area contributed by atoms with Crippen molar-refractivity contribution >= 4 is 17.2 Å². The number of halogens is 1. The maximum absolute atomic E-state index is 13.1. The lowest BCUT2D eigenvalue weighted by Gasteiger charge is -2.05. The van der Waals surface area contributed by atoms with Gasteiger partial charge in [-0.3, -0.25) is 4.79 Å². The Hall–Kier alpha value is -3.20. The fraction of sp³-hybridized carbons (Fsp3) is 0.0625. The van der Waals surface area contributed by atoms with Crippen molar-refractivity contribution in [2.45, 2.75) is 6.42 Å². The fourth-order valence-corrected chi connectivity index (χ4v) is 2.15. The number of pyridine rings is 1. The molecule has 0 aliphatic rings. The molecule has 0 unspecified atom stereocenters. The number of hydrogen-bond donors (Lipinski definition) is 1. The van der Waals surface area contributed by atoms with Crippen LogP contribution in [0.5, 0.6) is 0 Å². The predicted molar refractivity (Wildman–Crippen MR) is 78.6 cm³/mol. The van der Waals surface area contributed by atoms with Gasteiger partial charge in [-0.1, -0.05) is 12.1 Å². The van der Waals surface area contributed by atoms with Gasteiger partial charge in [-0.05, 0) is 24.3 Å². The quantitative estimate of drug-likeness (QED) is 0.807. The normalized spacial score (nSPS) is 10.4. The summed E-state index contributed by atoms with van der Waals surface area (Å²) in [5.41, 5.74) is 1.96. The lowest BCUT2D eigenvalue weighted by molar-refractivity contribution is -0.115. The number of rotatable bonds is 3. The van der Waals surface area contributed by atoms with Gasteiger partial charge in [-0.15, -0.1) is 0 Å². The number of nitrogens with one attached hydrogen (secondary N) is 1. The number of nitriles is 1. The molecule has 0 fully saturated rings. The molecule has 108 valence electrons. The average molecular weight is 294 g/mol. The molecule has 3 aromatic rings. The Kier molecular flexibility index (Phi) is 3.54. The van der Waals surface area contributed by atoms with Crippen molar-refractivity contribution in [2.75, 3.05) is 5.32 Å². The molecule has 22 heavy (non-hydrogen) atoms. The van der Waals surface area contributed by atoms with E-state index in [1.54, 1.807) is 36.5 Å². The third-order valence-corrected chi connectivity index (χ3v) is 3.13. The van der Waals surface area contributed by atoms with Crippen LogP contribution in [0.2, 0.25) is 0 Å². The van der Waals surface area contributed by atoms with Gasteiger partial charge in [-0.25, -0.2) is 9.37 Å². The number of hydrogen-bond acceptors (Lipinski definition) is 3. The first-order chi connectivity index (χ1) is 10.7. The number of fused-ring (bicyclic) bond motifs is 1. The van der Waals surface area contributed by atoms with E-state index in [1.807, 2.05) is 6.07 Å². The van der Waals surface area contributed by atoms with E-state index in [9.17, 15) is 9.18 Å². The minimum absolute atomic E-state index is 0.0447. The zero-order valence-corrected chi connectivity index (χ0v) is 11.5. The summed E-state index contributed by atoms with van der Waals surface area (Å²) >= 11 is 0. The van der Waals surface area contributed by atoms with Crippen molar-refractivity contribution in [2.24, 2.45) is 0 Å². The smallest absolute Gasteiger partial charge is 0.230 e. The zero-order chi connectivity index (χ0) is 15.5. The van der Waals surface area contributed by atoms with E-state index in [-0.39, 0.29) is 18.1 Å². The molecule has 2 heterocycles. The van der Waals surface area contributed by atoms with Crippen molar-refractivity contribution in [3.05, 3.63) is 65.9 Å². The first kappa shape index (κ1) is 13.8. The number of carbonyl (C=O) groups is 1. The third-order valence-electron chi connectivity index (χ3n) is 3.13. The summed E-state index contributed by atoms with van der Waals surface area (Å²) in [5.74, 6) is -0.657. The molecule has 2 aromatic heterocycles. The van der Waals surface area contributed by atoms with Crippen LogP contribution in [0.15, 0.2) is 48.8 Å². The summed E-state index contributed by atoms with van der Waals surface area (Å²) in [6.45, 7) is 0. The molecule has 0 spiro atoms. The van der Waals surface area contributed by atoms with E-state index in [4.69, 9.17) is 5.26 Å². The van der Waals surface area contributed by atoms with Crippen molar-refractivity contribution in [3.8, 4) is 6.07 Å². The Labute approximate surface area is 125 Å².